The maximum Gasteiger partial charge on any atom is 0.284 e. The highest BCUT2D eigenvalue weighted by molar-refractivity contribution is 7.14. The summed E-state index contributed by atoms with van der Waals surface area (Å²) in [7, 11) is 0. The van der Waals surface area contributed by atoms with Crippen LogP contribution in [0.3, 0.4) is 0 Å². The molecule has 0 atom stereocenters. The molecule has 0 unspecified atom stereocenters. The summed E-state index contributed by atoms with van der Waals surface area (Å²) >= 11 is 1.79. The largest absolute Gasteiger partial charge is 0.454 e. The smallest absolute Gasteiger partial charge is 0.284 e. The van der Waals surface area contributed by atoms with E-state index in [1.54, 1.807) is 23.5 Å². The molecular formula is C18H25N5O2S. The maximum atomic E-state index is 11.1. The van der Waals surface area contributed by atoms with Crippen LogP contribution in [0.5, 0.6) is 0 Å². The van der Waals surface area contributed by atoms with Gasteiger partial charge in [-0.15, -0.1) is 11.3 Å². The van der Waals surface area contributed by atoms with Crippen molar-refractivity contribution in [1.29, 1.82) is 0 Å². The molecule has 3 heterocycles. The molecule has 2 aromatic rings. The van der Waals surface area contributed by atoms with Crippen molar-refractivity contribution in [2.24, 2.45) is 10.7 Å². The van der Waals surface area contributed by atoms with Gasteiger partial charge in [0.25, 0.3) is 5.91 Å². The third-order valence-electron chi connectivity index (χ3n) is 4.30. The normalized spacial score (nSPS) is 15.9. The summed E-state index contributed by atoms with van der Waals surface area (Å²) in [6, 6.07) is 7.97. The number of piperidine rings is 1. The lowest BCUT2D eigenvalue weighted by molar-refractivity contribution is 0.0972. The Morgan fingerprint density at radius 1 is 1.38 bits per heavy atom. The predicted octanol–water partition coefficient (Wildman–Crippen LogP) is 2.16. The Bertz CT molecular complexity index is 733. The van der Waals surface area contributed by atoms with Crippen molar-refractivity contribution in [1.82, 2.24) is 10.6 Å². The van der Waals surface area contributed by atoms with Gasteiger partial charge in [-0.2, -0.15) is 0 Å². The molecule has 1 amide bonds. The van der Waals surface area contributed by atoms with E-state index in [4.69, 9.17) is 10.2 Å². The van der Waals surface area contributed by atoms with Crippen LogP contribution in [0, 0.1) is 0 Å². The van der Waals surface area contributed by atoms with Crippen molar-refractivity contribution in [2.45, 2.75) is 32.4 Å². The quantitative estimate of drug-likeness (QED) is 0.531. The van der Waals surface area contributed by atoms with Crippen molar-refractivity contribution >= 4 is 28.2 Å². The number of aliphatic imine (C=N–C) groups is 1. The van der Waals surface area contributed by atoms with E-state index >= 15 is 0 Å². The number of nitrogens with one attached hydrogen (secondary N) is 2. The molecule has 2 aromatic heterocycles. The van der Waals surface area contributed by atoms with Gasteiger partial charge in [-0.25, -0.2) is 4.99 Å². The number of carbonyl (C=O) groups excluding carboxylic acids is 1. The molecule has 1 fully saturated rings. The van der Waals surface area contributed by atoms with Gasteiger partial charge in [0.05, 0.1) is 5.00 Å². The summed E-state index contributed by atoms with van der Waals surface area (Å²) in [6.07, 6.45) is 2.13. The van der Waals surface area contributed by atoms with E-state index in [9.17, 15) is 4.79 Å². The Balaban J connectivity index is 1.53. The third kappa shape index (κ3) is 4.78. The van der Waals surface area contributed by atoms with Gasteiger partial charge in [0.2, 0.25) is 0 Å². The number of nitrogens with zero attached hydrogens (tertiary/aromatic N) is 2. The SMILES string of the molecule is CCNC(=NCc1ccc(C(N)=O)o1)NC1CCN(c2cccs2)CC1. The van der Waals surface area contributed by atoms with Crippen molar-refractivity contribution in [2.75, 3.05) is 24.5 Å². The van der Waals surface area contributed by atoms with Crippen LogP contribution < -0.4 is 21.3 Å². The molecule has 0 aromatic carbocycles. The number of rotatable bonds is 6. The van der Waals surface area contributed by atoms with Crippen LogP contribution in [0.15, 0.2) is 39.1 Å². The first-order chi connectivity index (χ1) is 12.7. The second-order valence-corrected chi connectivity index (χ2v) is 7.11. The van der Waals surface area contributed by atoms with E-state index < -0.39 is 5.91 Å². The van der Waals surface area contributed by atoms with E-state index in [1.165, 1.54) is 5.00 Å². The Kier molecular flexibility index (Phi) is 6.17. The first kappa shape index (κ1) is 18.3. The maximum absolute atomic E-state index is 11.1. The fraction of sp³-hybridized carbons (Fsp3) is 0.444. The summed E-state index contributed by atoms with van der Waals surface area (Å²) < 4.78 is 5.38. The fourth-order valence-electron chi connectivity index (χ4n) is 2.96. The van der Waals surface area contributed by atoms with Crippen molar-refractivity contribution in [3.05, 3.63) is 41.2 Å². The lowest BCUT2D eigenvalue weighted by atomic mass is 10.1. The first-order valence-electron chi connectivity index (χ1n) is 8.87. The van der Waals surface area contributed by atoms with E-state index in [1.807, 2.05) is 6.92 Å². The van der Waals surface area contributed by atoms with Crippen LogP contribution in [0.4, 0.5) is 5.00 Å². The second-order valence-electron chi connectivity index (χ2n) is 6.18. The molecule has 0 aliphatic carbocycles. The minimum absolute atomic E-state index is 0.161. The topological polar surface area (TPSA) is 95.9 Å². The van der Waals surface area contributed by atoms with Crippen LogP contribution in [0.2, 0.25) is 0 Å². The van der Waals surface area contributed by atoms with Gasteiger partial charge < -0.3 is 25.7 Å². The number of thiophene rings is 1. The van der Waals surface area contributed by atoms with Gasteiger partial charge >= 0.3 is 0 Å². The van der Waals surface area contributed by atoms with Gasteiger partial charge in [0, 0.05) is 25.7 Å². The molecule has 26 heavy (non-hydrogen) atoms. The summed E-state index contributed by atoms with van der Waals surface area (Å²) in [5.41, 5.74) is 5.20. The molecular weight excluding hydrogens is 350 g/mol. The molecule has 7 nitrogen and oxygen atoms in total. The lowest BCUT2D eigenvalue weighted by Crippen LogP contribution is -2.48. The third-order valence-corrected chi connectivity index (χ3v) is 5.22. The Labute approximate surface area is 157 Å². The number of furan rings is 1. The first-order valence-corrected chi connectivity index (χ1v) is 9.75. The molecule has 1 aliphatic heterocycles. The highest BCUT2D eigenvalue weighted by atomic mass is 32.1. The van der Waals surface area contributed by atoms with Gasteiger partial charge in [-0.3, -0.25) is 4.79 Å². The number of hydrogen-bond donors (Lipinski definition) is 3. The van der Waals surface area contributed by atoms with Crippen LogP contribution in [0.1, 0.15) is 36.1 Å². The number of primary amides is 1. The van der Waals surface area contributed by atoms with Gasteiger partial charge in [0.1, 0.15) is 12.3 Å². The number of nitrogens with two attached hydrogens (primary N) is 1. The number of anilines is 1. The highest BCUT2D eigenvalue weighted by Gasteiger charge is 2.20. The molecule has 0 radical (unpaired) electrons. The number of carbonyl (C=O) groups is 1. The van der Waals surface area contributed by atoms with Crippen molar-refractivity contribution < 1.29 is 9.21 Å². The minimum Gasteiger partial charge on any atom is -0.454 e. The molecule has 4 N–H and O–H groups in total. The number of amides is 1. The Hall–Kier alpha value is -2.48. The lowest BCUT2D eigenvalue weighted by Gasteiger charge is -2.33. The summed E-state index contributed by atoms with van der Waals surface area (Å²) in [6.45, 7) is 5.26. The highest BCUT2D eigenvalue weighted by Crippen LogP contribution is 2.24. The molecule has 8 heteroatoms. The molecule has 1 aliphatic rings. The minimum atomic E-state index is -0.567. The summed E-state index contributed by atoms with van der Waals surface area (Å²) in [5.74, 6) is 0.972. The monoisotopic (exact) mass is 375 g/mol. The molecule has 3 rings (SSSR count). The van der Waals surface area contributed by atoms with Crippen LogP contribution >= 0.6 is 11.3 Å². The van der Waals surface area contributed by atoms with Crippen molar-refractivity contribution in [3.8, 4) is 0 Å². The molecule has 0 saturated carbocycles. The standard InChI is InChI=1S/C18H25N5O2S/c1-2-20-18(21-12-14-5-6-15(25-14)17(19)24)22-13-7-9-23(10-8-13)16-4-3-11-26-16/h3-6,11,13H,2,7-10,12H2,1H3,(H2,19,24)(H2,20,21,22). The van der Waals surface area contributed by atoms with E-state index in [0.29, 0.717) is 18.3 Å². The van der Waals surface area contributed by atoms with E-state index in [0.717, 1.165) is 38.4 Å². The molecule has 140 valence electrons. The number of guanidine groups is 1. The van der Waals surface area contributed by atoms with E-state index in [-0.39, 0.29) is 5.76 Å². The van der Waals surface area contributed by atoms with Crippen LogP contribution in [0.25, 0.3) is 0 Å². The molecule has 1 saturated heterocycles. The zero-order valence-corrected chi connectivity index (χ0v) is 15.7. The zero-order valence-electron chi connectivity index (χ0n) is 14.9. The van der Waals surface area contributed by atoms with Gasteiger partial charge in [0.15, 0.2) is 11.7 Å². The summed E-state index contributed by atoms with van der Waals surface area (Å²) in [5, 5.41) is 10.2. The average Bonchev–Trinajstić information content (AvgIpc) is 3.32. The Morgan fingerprint density at radius 3 is 2.81 bits per heavy atom. The van der Waals surface area contributed by atoms with Crippen LogP contribution in [-0.2, 0) is 6.54 Å². The van der Waals surface area contributed by atoms with E-state index in [2.05, 4.69) is 38.0 Å². The predicted molar refractivity (Wildman–Crippen MR) is 105 cm³/mol. The average molecular weight is 375 g/mol. The number of hydrogen-bond acceptors (Lipinski definition) is 5. The zero-order chi connectivity index (χ0) is 18.4. The molecule has 0 spiro atoms. The second kappa shape index (κ2) is 8.75. The fourth-order valence-corrected chi connectivity index (χ4v) is 3.75. The van der Waals surface area contributed by atoms with Crippen LogP contribution in [-0.4, -0.2) is 37.5 Å². The van der Waals surface area contributed by atoms with Gasteiger partial charge in [-0.05, 0) is 49.4 Å². The molecule has 0 bridgehead atoms. The van der Waals surface area contributed by atoms with Gasteiger partial charge in [-0.1, -0.05) is 0 Å². The Morgan fingerprint density at radius 2 is 2.19 bits per heavy atom. The van der Waals surface area contributed by atoms with Crippen molar-refractivity contribution in [3.63, 3.8) is 0 Å². The summed E-state index contributed by atoms with van der Waals surface area (Å²) in [4.78, 5) is 18.1.